The molecule has 1 saturated heterocycles. The first-order valence-electron chi connectivity index (χ1n) is 9.93. The van der Waals surface area contributed by atoms with Crippen molar-refractivity contribution in [1.82, 2.24) is 4.90 Å². The number of hydrogen-bond acceptors (Lipinski definition) is 2. The van der Waals surface area contributed by atoms with Gasteiger partial charge in [-0.2, -0.15) is 0 Å². The second-order valence-corrected chi connectivity index (χ2v) is 7.56. The summed E-state index contributed by atoms with van der Waals surface area (Å²) in [5.74, 6) is 0.295. The summed E-state index contributed by atoms with van der Waals surface area (Å²) in [6.07, 6.45) is 4.19. The van der Waals surface area contributed by atoms with Crippen molar-refractivity contribution in [3.05, 3.63) is 54.6 Å². The van der Waals surface area contributed by atoms with Crippen LogP contribution in [0.5, 0.6) is 0 Å². The SMILES string of the molecule is C[C@@H]1C(=O)N(c2ccccc2-c2ccccc2)CCN1C(=O)C1CCCC1. The highest BCUT2D eigenvalue weighted by Gasteiger charge is 2.38. The lowest BCUT2D eigenvalue weighted by Gasteiger charge is -2.40. The number of anilines is 1. The third-order valence-electron chi connectivity index (χ3n) is 5.92. The van der Waals surface area contributed by atoms with E-state index < -0.39 is 6.04 Å². The average Bonchev–Trinajstić information content (AvgIpc) is 3.25. The smallest absolute Gasteiger partial charge is 0.249 e. The molecule has 0 bridgehead atoms. The zero-order valence-corrected chi connectivity index (χ0v) is 15.8. The highest BCUT2D eigenvalue weighted by Crippen LogP contribution is 2.33. The number of carbonyl (C=O) groups is 2. The molecule has 2 fully saturated rings. The standard InChI is InChI=1S/C23H26N2O2/c1-17-22(26)25(16-15-24(17)23(27)19-11-5-6-12-19)21-14-8-7-13-20(21)18-9-3-2-4-10-18/h2-4,7-10,13-14,17,19H,5-6,11-12,15-16H2,1H3/t17-/m1/s1. The van der Waals surface area contributed by atoms with Gasteiger partial charge in [-0.1, -0.05) is 61.4 Å². The Balaban J connectivity index is 1.59. The van der Waals surface area contributed by atoms with Gasteiger partial charge >= 0.3 is 0 Å². The molecule has 2 aromatic carbocycles. The van der Waals surface area contributed by atoms with Gasteiger partial charge in [-0.25, -0.2) is 0 Å². The van der Waals surface area contributed by atoms with Gasteiger partial charge < -0.3 is 9.80 Å². The van der Waals surface area contributed by atoms with Gasteiger partial charge in [0.05, 0.1) is 5.69 Å². The average molecular weight is 362 g/mol. The first-order valence-corrected chi connectivity index (χ1v) is 9.93. The number of amides is 2. The van der Waals surface area contributed by atoms with Gasteiger partial charge in [0.1, 0.15) is 6.04 Å². The van der Waals surface area contributed by atoms with E-state index >= 15 is 0 Å². The first kappa shape index (κ1) is 17.8. The van der Waals surface area contributed by atoms with Gasteiger partial charge in [-0.15, -0.1) is 0 Å². The fraction of sp³-hybridized carbons (Fsp3) is 0.391. The lowest BCUT2D eigenvalue weighted by atomic mass is 10.0. The Bertz CT molecular complexity index is 827. The summed E-state index contributed by atoms with van der Waals surface area (Å²) in [5.41, 5.74) is 3.07. The van der Waals surface area contributed by atoms with Crippen LogP contribution < -0.4 is 4.90 Å². The normalized spacial score (nSPS) is 20.9. The van der Waals surface area contributed by atoms with Crippen molar-refractivity contribution in [2.45, 2.75) is 38.6 Å². The van der Waals surface area contributed by atoms with Gasteiger partial charge in [0.2, 0.25) is 11.8 Å². The summed E-state index contributed by atoms with van der Waals surface area (Å²) in [6, 6.07) is 17.8. The van der Waals surface area contributed by atoms with Crippen LogP contribution in [-0.4, -0.2) is 35.8 Å². The fourth-order valence-corrected chi connectivity index (χ4v) is 4.39. The summed E-state index contributed by atoms with van der Waals surface area (Å²) in [7, 11) is 0. The largest absolute Gasteiger partial charge is 0.329 e. The zero-order valence-electron chi connectivity index (χ0n) is 15.8. The Morgan fingerprint density at radius 3 is 2.33 bits per heavy atom. The molecule has 1 aliphatic heterocycles. The van der Waals surface area contributed by atoms with Crippen molar-refractivity contribution in [3.63, 3.8) is 0 Å². The number of para-hydroxylation sites is 1. The predicted octanol–water partition coefficient (Wildman–Crippen LogP) is 4.11. The molecule has 2 amide bonds. The summed E-state index contributed by atoms with van der Waals surface area (Å²) >= 11 is 0. The first-order chi connectivity index (χ1) is 13.2. The van der Waals surface area contributed by atoms with E-state index in [-0.39, 0.29) is 17.7 Å². The molecular formula is C23H26N2O2. The van der Waals surface area contributed by atoms with Crippen molar-refractivity contribution in [2.24, 2.45) is 5.92 Å². The Labute approximate surface area is 160 Å². The predicted molar refractivity (Wildman–Crippen MR) is 107 cm³/mol. The van der Waals surface area contributed by atoms with Crippen LogP contribution in [0.4, 0.5) is 5.69 Å². The van der Waals surface area contributed by atoms with Gasteiger partial charge in [-0.3, -0.25) is 9.59 Å². The molecule has 4 rings (SSSR count). The molecule has 2 aliphatic rings. The lowest BCUT2D eigenvalue weighted by Crippen LogP contribution is -2.58. The molecule has 1 heterocycles. The highest BCUT2D eigenvalue weighted by atomic mass is 16.2. The van der Waals surface area contributed by atoms with Crippen LogP contribution >= 0.6 is 0 Å². The topological polar surface area (TPSA) is 40.6 Å². The molecule has 0 N–H and O–H groups in total. The van der Waals surface area contributed by atoms with E-state index in [4.69, 9.17) is 0 Å². The van der Waals surface area contributed by atoms with E-state index in [0.717, 1.165) is 42.5 Å². The maximum Gasteiger partial charge on any atom is 0.249 e. The number of piperazine rings is 1. The van der Waals surface area contributed by atoms with Crippen LogP contribution in [0.2, 0.25) is 0 Å². The second kappa shape index (κ2) is 7.55. The van der Waals surface area contributed by atoms with Crippen LogP contribution in [-0.2, 0) is 9.59 Å². The Hall–Kier alpha value is -2.62. The maximum atomic E-state index is 13.2. The third kappa shape index (κ3) is 3.36. The number of rotatable bonds is 3. The Kier molecular flexibility index (Phi) is 4.97. The van der Waals surface area contributed by atoms with Crippen molar-refractivity contribution < 1.29 is 9.59 Å². The van der Waals surface area contributed by atoms with E-state index in [1.165, 1.54) is 0 Å². The molecule has 140 valence electrons. The number of nitrogens with zero attached hydrogens (tertiary/aromatic N) is 2. The number of hydrogen-bond donors (Lipinski definition) is 0. The van der Waals surface area contributed by atoms with Crippen LogP contribution in [0.15, 0.2) is 54.6 Å². The molecule has 2 aromatic rings. The molecule has 1 saturated carbocycles. The summed E-state index contributed by atoms with van der Waals surface area (Å²) in [5, 5.41) is 0. The van der Waals surface area contributed by atoms with Crippen LogP contribution in [0.1, 0.15) is 32.6 Å². The van der Waals surface area contributed by atoms with Gasteiger partial charge in [0.25, 0.3) is 0 Å². The molecule has 4 heteroatoms. The van der Waals surface area contributed by atoms with Crippen molar-refractivity contribution >= 4 is 17.5 Å². The van der Waals surface area contributed by atoms with E-state index in [9.17, 15) is 9.59 Å². The third-order valence-corrected chi connectivity index (χ3v) is 5.92. The minimum atomic E-state index is -0.407. The van der Waals surface area contributed by atoms with E-state index in [2.05, 4.69) is 18.2 Å². The minimum Gasteiger partial charge on any atom is -0.329 e. The van der Waals surface area contributed by atoms with E-state index in [0.29, 0.717) is 13.1 Å². The summed E-state index contributed by atoms with van der Waals surface area (Å²) in [6.45, 7) is 3.02. The van der Waals surface area contributed by atoms with Crippen molar-refractivity contribution in [3.8, 4) is 11.1 Å². The second-order valence-electron chi connectivity index (χ2n) is 7.56. The molecular weight excluding hydrogens is 336 g/mol. The number of benzene rings is 2. The van der Waals surface area contributed by atoms with Crippen molar-refractivity contribution in [1.29, 1.82) is 0 Å². The molecule has 1 aliphatic carbocycles. The summed E-state index contributed by atoms with van der Waals surface area (Å²) in [4.78, 5) is 29.7. The Morgan fingerprint density at radius 2 is 1.59 bits per heavy atom. The van der Waals surface area contributed by atoms with Crippen LogP contribution in [0.3, 0.4) is 0 Å². The summed E-state index contributed by atoms with van der Waals surface area (Å²) < 4.78 is 0. The van der Waals surface area contributed by atoms with Gasteiger partial charge in [0.15, 0.2) is 0 Å². The molecule has 0 spiro atoms. The van der Waals surface area contributed by atoms with Gasteiger partial charge in [-0.05, 0) is 31.4 Å². The molecule has 0 radical (unpaired) electrons. The van der Waals surface area contributed by atoms with Crippen LogP contribution in [0, 0.1) is 5.92 Å². The van der Waals surface area contributed by atoms with Crippen LogP contribution in [0.25, 0.3) is 11.1 Å². The fourth-order valence-electron chi connectivity index (χ4n) is 4.39. The molecule has 0 aromatic heterocycles. The maximum absolute atomic E-state index is 13.2. The number of carbonyl (C=O) groups excluding carboxylic acids is 2. The lowest BCUT2D eigenvalue weighted by molar-refractivity contribution is -0.143. The molecule has 4 nitrogen and oxygen atoms in total. The van der Waals surface area contributed by atoms with Gasteiger partial charge in [0, 0.05) is 24.6 Å². The zero-order chi connectivity index (χ0) is 18.8. The van der Waals surface area contributed by atoms with E-state index in [1.807, 2.05) is 48.2 Å². The van der Waals surface area contributed by atoms with E-state index in [1.54, 1.807) is 4.90 Å². The monoisotopic (exact) mass is 362 g/mol. The van der Waals surface area contributed by atoms with Crippen molar-refractivity contribution in [2.75, 3.05) is 18.0 Å². The molecule has 27 heavy (non-hydrogen) atoms. The highest BCUT2D eigenvalue weighted by molar-refractivity contribution is 6.03. The molecule has 1 atom stereocenters. The Morgan fingerprint density at radius 1 is 0.926 bits per heavy atom. The minimum absolute atomic E-state index is 0.0102. The quantitative estimate of drug-likeness (QED) is 0.824. The molecule has 0 unspecified atom stereocenters.